The lowest BCUT2D eigenvalue weighted by Gasteiger charge is -2.01. The first kappa shape index (κ1) is 8.02. The molecule has 0 fully saturated rings. The molecule has 0 spiro atoms. The molecular formula is C7H7BrClN. The van der Waals surface area contributed by atoms with Gasteiger partial charge in [0, 0.05) is 11.9 Å². The normalized spacial score (nSPS) is 10.0. The maximum atomic E-state index is 5.90. The maximum Gasteiger partial charge on any atom is 0.0610 e. The minimum absolute atomic E-state index is 0.757. The fraction of sp³-hybridized carbons (Fsp3) is 0.286. The highest BCUT2D eigenvalue weighted by atomic mass is 79.9. The standard InChI is InChI=1S/C7H7BrClN/c1-4-5(2)10-3-6(8)7(4)9/h3H,1-2H3. The molecule has 0 aliphatic carbocycles. The fourth-order valence-electron chi connectivity index (χ4n) is 0.645. The Morgan fingerprint density at radius 3 is 2.60 bits per heavy atom. The van der Waals surface area contributed by atoms with E-state index < -0.39 is 0 Å². The summed E-state index contributed by atoms with van der Waals surface area (Å²) in [5.74, 6) is 0. The zero-order chi connectivity index (χ0) is 7.72. The van der Waals surface area contributed by atoms with Crippen LogP contribution >= 0.6 is 27.5 Å². The average Bonchev–Trinajstić information content (AvgIpc) is 1.93. The van der Waals surface area contributed by atoms with E-state index in [0.29, 0.717) is 0 Å². The molecule has 0 atom stereocenters. The summed E-state index contributed by atoms with van der Waals surface area (Å²) in [6.45, 7) is 3.89. The second-order valence-corrected chi connectivity index (χ2v) is 3.36. The SMILES string of the molecule is Cc1ncc(Br)c(Cl)c1C. The summed E-state index contributed by atoms with van der Waals surface area (Å²) in [5, 5.41) is 0.757. The molecule has 3 heteroatoms. The van der Waals surface area contributed by atoms with Crippen LogP contribution in [-0.4, -0.2) is 4.98 Å². The van der Waals surface area contributed by atoms with Crippen LogP contribution in [0.4, 0.5) is 0 Å². The first-order valence-corrected chi connectivity index (χ1v) is 4.07. The number of hydrogen-bond donors (Lipinski definition) is 0. The summed E-state index contributed by atoms with van der Waals surface area (Å²) >= 11 is 9.18. The van der Waals surface area contributed by atoms with Crippen molar-refractivity contribution in [2.75, 3.05) is 0 Å². The van der Waals surface area contributed by atoms with Crippen molar-refractivity contribution in [3.05, 3.63) is 26.9 Å². The topological polar surface area (TPSA) is 12.9 Å². The monoisotopic (exact) mass is 219 g/mol. The molecule has 0 radical (unpaired) electrons. The summed E-state index contributed by atoms with van der Waals surface area (Å²) < 4.78 is 0.859. The molecule has 0 amide bonds. The van der Waals surface area contributed by atoms with Crippen LogP contribution in [0.1, 0.15) is 11.3 Å². The molecule has 54 valence electrons. The number of aryl methyl sites for hydroxylation is 1. The van der Waals surface area contributed by atoms with Gasteiger partial charge in [-0.25, -0.2) is 0 Å². The molecule has 1 aromatic rings. The fourth-order valence-corrected chi connectivity index (χ4v) is 1.23. The third-order valence-electron chi connectivity index (χ3n) is 1.45. The molecule has 1 rings (SSSR count). The van der Waals surface area contributed by atoms with Gasteiger partial charge in [0.1, 0.15) is 0 Å². The van der Waals surface area contributed by atoms with Gasteiger partial charge in [-0.05, 0) is 35.3 Å². The van der Waals surface area contributed by atoms with Crippen molar-refractivity contribution in [1.82, 2.24) is 4.98 Å². The van der Waals surface area contributed by atoms with Crippen molar-refractivity contribution in [2.45, 2.75) is 13.8 Å². The van der Waals surface area contributed by atoms with Gasteiger partial charge in [0.2, 0.25) is 0 Å². The smallest absolute Gasteiger partial charge is 0.0610 e. The molecule has 0 aromatic carbocycles. The number of hydrogen-bond acceptors (Lipinski definition) is 1. The minimum atomic E-state index is 0.757. The largest absolute Gasteiger partial charge is 0.260 e. The number of halogens is 2. The number of rotatable bonds is 0. The van der Waals surface area contributed by atoms with Crippen LogP contribution in [0, 0.1) is 13.8 Å². The van der Waals surface area contributed by atoms with Crippen molar-refractivity contribution in [3.8, 4) is 0 Å². The Morgan fingerprint density at radius 1 is 1.50 bits per heavy atom. The Kier molecular flexibility index (Phi) is 2.32. The zero-order valence-corrected chi connectivity index (χ0v) is 8.12. The van der Waals surface area contributed by atoms with Gasteiger partial charge in [0.25, 0.3) is 0 Å². The van der Waals surface area contributed by atoms with Crippen LogP contribution in [0.5, 0.6) is 0 Å². The highest BCUT2D eigenvalue weighted by molar-refractivity contribution is 9.10. The van der Waals surface area contributed by atoms with Crippen LogP contribution in [-0.2, 0) is 0 Å². The van der Waals surface area contributed by atoms with E-state index in [0.717, 1.165) is 20.8 Å². The van der Waals surface area contributed by atoms with E-state index in [1.165, 1.54) is 0 Å². The van der Waals surface area contributed by atoms with Crippen molar-refractivity contribution in [2.24, 2.45) is 0 Å². The van der Waals surface area contributed by atoms with Crippen molar-refractivity contribution in [1.29, 1.82) is 0 Å². The molecule has 1 nitrogen and oxygen atoms in total. The van der Waals surface area contributed by atoms with E-state index in [9.17, 15) is 0 Å². The number of pyridine rings is 1. The molecule has 0 aliphatic heterocycles. The van der Waals surface area contributed by atoms with E-state index in [-0.39, 0.29) is 0 Å². The summed E-state index contributed by atoms with van der Waals surface area (Å²) in [4.78, 5) is 4.11. The molecule has 10 heavy (non-hydrogen) atoms. The lowest BCUT2D eigenvalue weighted by atomic mass is 10.2. The predicted molar refractivity (Wildman–Crippen MR) is 46.4 cm³/mol. The highest BCUT2D eigenvalue weighted by Gasteiger charge is 2.02. The summed E-state index contributed by atoms with van der Waals surface area (Å²) in [6, 6.07) is 0. The summed E-state index contributed by atoms with van der Waals surface area (Å²) in [7, 11) is 0. The first-order valence-electron chi connectivity index (χ1n) is 2.90. The van der Waals surface area contributed by atoms with Crippen LogP contribution in [0.15, 0.2) is 10.7 Å². The van der Waals surface area contributed by atoms with Gasteiger partial charge >= 0.3 is 0 Å². The van der Waals surface area contributed by atoms with Crippen LogP contribution in [0.3, 0.4) is 0 Å². The van der Waals surface area contributed by atoms with E-state index in [4.69, 9.17) is 11.6 Å². The van der Waals surface area contributed by atoms with Crippen LogP contribution in [0.2, 0.25) is 5.02 Å². The van der Waals surface area contributed by atoms with E-state index in [1.807, 2.05) is 13.8 Å². The second kappa shape index (κ2) is 2.89. The Labute approximate surface area is 73.6 Å². The van der Waals surface area contributed by atoms with Gasteiger partial charge in [0.05, 0.1) is 9.50 Å². The van der Waals surface area contributed by atoms with Crippen LogP contribution in [0.25, 0.3) is 0 Å². The number of aromatic nitrogens is 1. The molecule has 0 N–H and O–H groups in total. The highest BCUT2D eigenvalue weighted by Crippen LogP contribution is 2.25. The number of nitrogens with zero attached hydrogens (tertiary/aromatic N) is 1. The lowest BCUT2D eigenvalue weighted by Crippen LogP contribution is -1.87. The van der Waals surface area contributed by atoms with E-state index in [1.54, 1.807) is 6.20 Å². The van der Waals surface area contributed by atoms with E-state index in [2.05, 4.69) is 20.9 Å². The molecular weight excluding hydrogens is 213 g/mol. The van der Waals surface area contributed by atoms with Crippen molar-refractivity contribution < 1.29 is 0 Å². The summed E-state index contributed by atoms with van der Waals surface area (Å²) in [5.41, 5.74) is 2.02. The Bertz CT molecular complexity index is 233. The van der Waals surface area contributed by atoms with E-state index >= 15 is 0 Å². The third-order valence-corrected chi connectivity index (χ3v) is 2.77. The molecule has 1 heterocycles. The van der Waals surface area contributed by atoms with Gasteiger partial charge < -0.3 is 0 Å². The predicted octanol–water partition coefficient (Wildman–Crippen LogP) is 3.11. The second-order valence-electron chi connectivity index (χ2n) is 2.13. The Morgan fingerprint density at radius 2 is 2.10 bits per heavy atom. The molecule has 0 bridgehead atoms. The lowest BCUT2D eigenvalue weighted by molar-refractivity contribution is 1.14. The quantitative estimate of drug-likeness (QED) is 0.655. The van der Waals surface area contributed by atoms with Gasteiger partial charge in [-0.3, -0.25) is 4.98 Å². The zero-order valence-electron chi connectivity index (χ0n) is 5.78. The Balaban J connectivity index is 3.34. The van der Waals surface area contributed by atoms with Gasteiger partial charge in [-0.15, -0.1) is 0 Å². The van der Waals surface area contributed by atoms with Crippen molar-refractivity contribution in [3.63, 3.8) is 0 Å². The summed E-state index contributed by atoms with van der Waals surface area (Å²) in [6.07, 6.45) is 1.71. The average molecular weight is 220 g/mol. The third kappa shape index (κ3) is 1.32. The van der Waals surface area contributed by atoms with Crippen LogP contribution < -0.4 is 0 Å². The molecule has 0 aliphatic rings. The molecule has 0 saturated carbocycles. The Hall–Kier alpha value is -0.0800. The van der Waals surface area contributed by atoms with Gasteiger partial charge in [0.15, 0.2) is 0 Å². The van der Waals surface area contributed by atoms with Gasteiger partial charge in [-0.2, -0.15) is 0 Å². The molecule has 0 unspecified atom stereocenters. The van der Waals surface area contributed by atoms with Gasteiger partial charge in [-0.1, -0.05) is 11.6 Å². The van der Waals surface area contributed by atoms with Crippen molar-refractivity contribution >= 4 is 27.5 Å². The molecule has 1 aromatic heterocycles. The molecule has 0 saturated heterocycles. The first-order chi connectivity index (χ1) is 4.63. The minimum Gasteiger partial charge on any atom is -0.260 e. The maximum absolute atomic E-state index is 5.90.